The predicted octanol–water partition coefficient (Wildman–Crippen LogP) is 5.93. The van der Waals surface area contributed by atoms with Gasteiger partial charge in [0.1, 0.15) is 5.75 Å². The smallest absolute Gasteiger partial charge is 0.121 e. The summed E-state index contributed by atoms with van der Waals surface area (Å²) in [5.41, 5.74) is 4.15. The standard InChI is InChI=1S/C24H27Cl2N3O/c1-18-7-8-19-9-10-20(17-22(19)27-18)30-16-3-2-11-28-12-14-29(15-13-28)23-6-4-5-21(25)24(23)26/h4-10,17,27H,1-3,11-16H2. The summed E-state index contributed by atoms with van der Waals surface area (Å²) in [6, 6.07) is 12.0. The summed E-state index contributed by atoms with van der Waals surface area (Å²) < 4.78 is 5.95. The number of benzene rings is 2. The van der Waals surface area contributed by atoms with Crippen molar-refractivity contribution in [3.8, 4) is 5.75 Å². The van der Waals surface area contributed by atoms with Crippen LogP contribution in [0.25, 0.3) is 6.08 Å². The van der Waals surface area contributed by atoms with Crippen molar-refractivity contribution in [2.75, 3.05) is 49.5 Å². The van der Waals surface area contributed by atoms with Gasteiger partial charge in [-0.05, 0) is 55.3 Å². The maximum Gasteiger partial charge on any atom is 0.121 e. The van der Waals surface area contributed by atoms with E-state index in [-0.39, 0.29) is 0 Å². The van der Waals surface area contributed by atoms with Gasteiger partial charge in [0.15, 0.2) is 0 Å². The molecule has 2 aromatic rings. The first-order valence-electron chi connectivity index (χ1n) is 10.4. The molecule has 0 aromatic heterocycles. The van der Waals surface area contributed by atoms with Crippen molar-refractivity contribution in [1.82, 2.24) is 4.90 Å². The quantitative estimate of drug-likeness (QED) is 0.536. The van der Waals surface area contributed by atoms with Gasteiger partial charge in [-0.2, -0.15) is 0 Å². The minimum Gasteiger partial charge on any atom is -0.494 e. The second-order valence-corrected chi connectivity index (χ2v) is 8.47. The lowest BCUT2D eigenvalue weighted by atomic mass is 10.1. The zero-order chi connectivity index (χ0) is 20.9. The van der Waals surface area contributed by atoms with Crippen LogP contribution in [-0.2, 0) is 0 Å². The number of hydrogen-bond donors (Lipinski definition) is 1. The molecule has 0 atom stereocenters. The fourth-order valence-corrected chi connectivity index (χ4v) is 4.28. The molecule has 4 nitrogen and oxygen atoms in total. The molecule has 1 fully saturated rings. The number of fused-ring (bicyclic) bond motifs is 1. The second-order valence-electron chi connectivity index (χ2n) is 7.69. The first kappa shape index (κ1) is 21.1. The first-order chi connectivity index (χ1) is 14.6. The Morgan fingerprint density at radius 2 is 1.83 bits per heavy atom. The summed E-state index contributed by atoms with van der Waals surface area (Å²) in [7, 11) is 0. The van der Waals surface area contributed by atoms with Crippen molar-refractivity contribution in [3.05, 3.63) is 70.4 Å². The summed E-state index contributed by atoms with van der Waals surface area (Å²) in [6.45, 7) is 9.79. The maximum absolute atomic E-state index is 6.37. The van der Waals surface area contributed by atoms with E-state index >= 15 is 0 Å². The highest BCUT2D eigenvalue weighted by atomic mass is 35.5. The van der Waals surface area contributed by atoms with E-state index in [1.165, 1.54) is 0 Å². The Labute approximate surface area is 188 Å². The third-order valence-electron chi connectivity index (χ3n) is 5.57. The van der Waals surface area contributed by atoms with Gasteiger partial charge in [-0.1, -0.05) is 41.9 Å². The topological polar surface area (TPSA) is 27.7 Å². The Morgan fingerprint density at radius 1 is 1.00 bits per heavy atom. The van der Waals surface area contributed by atoms with E-state index in [4.69, 9.17) is 27.9 Å². The molecule has 0 amide bonds. The van der Waals surface area contributed by atoms with Crippen LogP contribution in [0.3, 0.4) is 0 Å². The first-order valence-corrected chi connectivity index (χ1v) is 11.2. The molecule has 2 heterocycles. The van der Waals surface area contributed by atoms with Gasteiger partial charge in [0, 0.05) is 43.6 Å². The lowest BCUT2D eigenvalue weighted by molar-refractivity contribution is 0.238. The minimum absolute atomic E-state index is 0.618. The van der Waals surface area contributed by atoms with Crippen LogP contribution in [0.15, 0.2) is 54.8 Å². The highest BCUT2D eigenvalue weighted by molar-refractivity contribution is 6.43. The van der Waals surface area contributed by atoms with Crippen molar-refractivity contribution in [2.24, 2.45) is 0 Å². The number of halogens is 2. The highest BCUT2D eigenvalue weighted by Gasteiger charge is 2.19. The monoisotopic (exact) mass is 443 g/mol. The average Bonchev–Trinajstić information content (AvgIpc) is 2.76. The van der Waals surface area contributed by atoms with Gasteiger partial charge < -0.3 is 15.0 Å². The number of hydrogen-bond acceptors (Lipinski definition) is 4. The SMILES string of the molecule is C=C1C=Cc2ccc(OCCCCN3CCN(c4cccc(Cl)c4Cl)CC3)cc2N1. The molecule has 4 rings (SSSR count). The van der Waals surface area contributed by atoms with Crippen LogP contribution >= 0.6 is 23.2 Å². The molecule has 2 aliphatic rings. The number of ether oxygens (including phenoxy) is 1. The van der Waals surface area contributed by atoms with Crippen LogP contribution in [-0.4, -0.2) is 44.2 Å². The largest absolute Gasteiger partial charge is 0.494 e. The molecular formula is C24H27Cl2N3O. The van der Waals surface area contributed by atoms with Gasteiger partial charge >= 0.3 is 0 Å². The number of piperazine rings is 1. The van der Waals surface area contributed by atoms with Crippen LogP contribution in [0.2, 0.25) is 10.0 Å². The van der Waals surface area contributed by atoms with Crippen LogP contribution in [0.1, 0.15) is 18.4 Å². The summed E-state index contributed by atoms with van der Waals surface area (Å²) in [5, 5.41) is 4.55. The average molecular weight is 444 g/mol. The molecule has 0 unspecified atom stereocenters. The number of allylic oxidation sites excluding steroid dienone is 1. The molecular weight excluding hydrogens is 417 g/mol. The van der Waals surface area contributed by atoms with Crippen molar-refractivity contribution in [3.63, 3.8) is 0 Å². The molecule has 0 aliphatic carbocycles. The summed E-state index contributed by atoms with van der Waals surface area (Å²) >= 11 is 12.5. The van der Waals surface area contributed by atoms with E-state index in [0.29, 0.717) is 10.0 Å². The molecule has 30 heavy (non-hydrogen) atoms. The van der Waals surface area contributed by atoms with E-state index in [9.17, 15) is 0 Å². The number of nitrogens with zero attached hydrogens (tertiary/aromatic N) is 2. The fourth-order valence-electron chi connectivity index (χ4n) is 3.86. The molecule has 1 saturated heterocycles. The highest BCUT2D eigenvalue weighted by Crippen LogP contribution is 2.33. The molecule has 1 N–H and O–H groups in total. The number of anilines is 2. The third kappa shape index (κ3) is 5.12. The van der Waals surface area contributed by atoms with Crippen molar-refractivity contribution in [2.45, 2.75) is 12.8 Å². The molecule has 0 bridgehead atoms. The lowest BCUT2D eigenvalue weighted by Gasteiger charge is -2.36. The Balaban J connectivity index is 1.16. The molecule has 2 aromatic carbocycles. The lowest BCUT2D eigenvalue weighted by Crippen LogP contribution is -2.46. The second kappa shape index (κ2) is 9.78. The molecule has 158 valence electrons. The fraction of sp³-hybridized carbons (Fsp3) is 0.333. The third-order valence-corrected chi connectivity index (χ3v) is 6.37. The van der Waals surface area contributed by atoms with Crippen LogP contribution in [0.5, 0.6) is 5.75 Å². The molecule has 0 radical (unpaired) electrons. The molecule has 0 saturated carbocycles. The molecule has 0 spiro atoms. The van der Waals surface area contributed by atoms with Gasteiger partial charge in [-0.15, -0.1) is 0 Å². The normalized spacial score (nSPS) is 16.3. The number of rotatable bonds is 7. The van der Waals surface area contributed by atoms with Crippen molar-refractivity contribution in [1.29, 1.82) is 0 Å². The predicted molar refractivity (Wildman–Crippen MR) is 128 cm³/mol. The van der Waals surface area contributed by atoms with Crippen molar-refractivity contribution < 1.29 is 4.74 Å². The minimum atomic E-state index is 0.618. The Bertz CT molecular complexity index is 936. The zero-order valence-electron chi connectivity index (χ0n) is 17.0. The van der Waals surface area contributed by atoms with Crippen LogP contribution in [0, 0.1) is 0 Å². The molecule has 2 aliphatic heterocycles. The van der Waals surface area contributed by atoms with E-state index < -0.39 is 0 Å². The van der Waals surface area contributed by atoms with E-state index in [1.807, 2.05) is 36.4 Å². The summed E-state index contributed by atoms with van der Waals surface area (Å²) in [4.78, 5) is 4.83. The van der Waals surface area contributed by atoms with E-state index in [2.05, 4.69) is 33.8 Å². The van der Waals surface area contributed by atoms with Gasteiger partial charge in [-0.3, -0.25) is 4.90 Å². The van der Waals surface area contributed by atoms with Crippen molar-refractivity contribution >= 4 is 40.7 Å². The van der Waals surface area contributed by atoms with Gasteiger partial charge in [0.25, 0.3) is 0 Å². The van der Waals surface area contributed by atoms with Crippen LogP contribution in [0.4, 0.5) is 11.4 Å². The van der Waals surface area contributed by atoms with Gasteiger partial charge in [-0.25, -0.2) is 0 Å². The summed E-state index contributed by atoms with van der Waals surface area (Å²) in [5.74, 6) is 0.899. The molecule has 6 heteroatoms. The van der Waals surface area contributed by atoms with E-state index in [1.54, 1.807) is 0 Å². The van der Waals surface area contributed by atoms with Gasteiger partial charge in [0.2, 0.25) is 0 Å². The summed E-state index contributed by atoms with van der Waals surface area (Å²) in [6.07, 6.45) is 6.21. The van der Waals surface area contributed by atoms with Crippen LogP contribution < -0.4 is 15.0 Å². The van der Waals surface area contributed by atoms with Gasteiger partial charge in [0.05, 0.1) is 22.3 Å². The maximum atomic E-state index is 6.37. The Kier molecular flexibility index (Phi) is 6.88. The number of nitrogens with one attached hydrogen (secondary N) is 1. The van der Waals surface area contributed by atoms with E-state index in [0.717, 1.165) is 80.6 Å². The Hall–Kier alpha value is -2.14. The zero-order valence-corrected chi connectivity index (χ0v) is 18.6. The Morgan fingerprint density at radius 3 is 2.67 bits per heavy atom. The number of unbranched alkanes of at least 4 members (excludes halogenated alkanes) is 1.